The number of hydrogen-bond donors (Lipinski definition) is 1. The summed E-state index contributed by atoms with van der Waals surface area (Å²) < 4.78 is 51.6. The smallest absolute Gasteiger partial charge is 0.339 e. The molecule has 1 aromatic carbocycles. The maximum absolute atomic E-state index is 13.4. The molecule has 2 rings (SSSR count). The molecule has 0 aliphatic carbocycles. The lowest BCUT2D eigenvalue weighted by Gasteiger charge is -2.32. The summed E-state index contributed by atoms with van der Waals surface area (Å²) in [5.41, 5.74) is -1.38. The van der Waals surface area contributed by atoms with Crippen LogP contribution >= 0.6 is 0 Å². The van der Waals surface area contributed by atoms with Crippen molar-refractivity contribution in [2.75, 3.05) is 26.2 Å². The molecule has 1 fully saturated rings. The first-order valence-corrected chi connectivity index (χ1v) is 7.69. The fourth-order valence-electron chi connectivity index (χ4n) is 2.75. The molecule has 1 N–H and O–H groups in total. The predicted octanol–water partition coefficient (Wildman–Crippen LogP) is 3.31. The van der Waals surface area contributed by atoms with E-state index in [9.17, 15) is 22.4 Å². The number of carbonyl (C=O) groups excluding carboxylic acids is 1. The maximum Gasteiger partial charge on any atom is 0.416 e. The van der Waals surface area contributed by atoms with Gasteiger partial charge in [-0.05, 0) is 50.0 Å². The molecule has 0 spiro atoms. The second-order valence-corrected chi connectivity index (χ2v) is 5.77. The first-order valence-electron chi connectivity index (χ1n) is 7.69. The van der Waals surface area contributed by atoms with Crippen molar-refractivity contribution < 1.29 is 22.4 Å². The van der Waals surface area contributed by atoms with Gasteiger partial charge in [0.15, 0.2) is 0 Å². The lowest BCUT2D eigenvalue weighted by molar-refractivity contribution is -0.137. The van der Waals surface area contributed by atoms with E-state index < -0.39 is 23.5 Å². The second-order valence-electron chi connectivity index (χ2n) is 5.77. The van der Waals surface area contributed by atoms with E-state index >= 15 is 0 Å². The summed E-state index contributed by atoms with van der Waals surface area (Å²) in [5, 5.41) is 3.25. The number of rotatable bonds is 4. The van der Waals surface area contributed by atoms with E-state index in [-0.39, 0.29) is 5.56 Å². The largest absolute Gasteiger partial charge is 0.416 e. The third-order valence-corrected chi connectivity index (χ3v) is 4.06. The van der Waals surface area contributed by atoms with E-state index in [0.29, 0.717) is 25.1 Å². The Morgan fingerprint density at radius 2 is 1.91 bits per heavy atom. The van der Waals surface area contributed by atoms with Crippen LogP contribution in [0.5, 0.6) is 0 Å². The average Bonchev–Trinajstić information content (AvgIpc) is 2.51. The minimum atomic E-state index is -4.67. The standard InChI is InChI=1S/C16H20F4N2O/c1-2-21-10-11-3-5-22(6-4-11)15(23)12-7-13(16(18,19)20)9-14(17)8-12/h7-9,11,21H,2-6,10H2,1H3. The normalized spacial score (nSPS) is 16.7. The minimum absolute atomic E-state index is 0.248. The van der Waals surface area contributed by atoms with Crippen LogP contribution in [0.1, 0.15) is 35.7 Å². The number of likely N-dealkylation sites (tertiary alicyclic amines) is 1. The van der Waals surface area contributed by atoms with Gasteiger partial charge < -0.3 is 10.2 Å². The number of hydrogen-bond acceptors (Lipinski definition) is 2. The summed E-state index contributed by atoms with van der Waals surface area (Å²) in [5.74, 6) is -1.14. The molecule has 0 unspecified atom stereocenters. The summed E-state index contributed by atoms with van der Waals surface area (Å²) in [6.45, 7) is 4.72. The Morgan fingerprint density at radius 3 is 2.48 bits per heavy atom. The molecular weight excluding hydrogens is 312 g/mol. The molecule has 0 atom stereocenters. The van der Waals surface area contributed by atoms with Gasteiger partial charge in [0.05, 0.1) is 5.56 Å². The molecule has 7 heteroatoms. The predicted molar refractivity (Wildman–Crippen MR) is 78.6 cm³/mol. The molecule has 1 aromatic rings. The maximum atomic E-state index is 13.4. The Kier molecular flexibility index (Phi) is 5.62. The monoisotopic (exact) mass is 332 g/mol. The fourth-order valence-corrected chi connectivity index (χ4v) is 2.75. The zero-order valence-electron chi connectivity index (χ0n) is 12.9. The highest BCUT2D eigenvalue weighted by Crippen LogP contribution is 2.31. The molecular formula is C16H20F4N2O. The number of piperidine rings is 1. The van der Waals surface area contributed by atoms with Crippen LogP contribution in [0.15, 0.2) is 18.2 Å². The minimum Gasteiger partial charge on any atom is -0.339 e. The molecule has 0 bridgehead atoms. The molecule has 1 heterocycles. The first kappa shape index (κ1) is 17.7. The van der Waals surface area contributed by atoms with Gasteiger partial charge >= 0.3 is 6.18 Å². The topological polar surface area (TPSA) is 32.3 Å². The van der Waals surface area contributed by atoms with Gasteiger partial charge in [-0.3, -0.25) is 4.79 Å². The Hall–Kier alpha value is -1.63. The van der Waals surface area contributed by atoms with Crippen LogP contribution in [0.3, 0.4) is 0 Å². The summed E-state index contributed by atoms with van der Waals surface area (Å²) in [6, 6.07) is 1.98. The number of amides is 1. The molecule has 0 radical (unpaired) electrons. The summed E-state index contributed by atoms with van der Waals surface area (Å²) >= 11 is 0. The Bertz CT molecular complexity index is 552. The highest BCUT2D eigenvalue weighted by Gasteiger charge is 2.33. The van der Waals surface area contributed by atoms with Gasteiger partial charge in [-0.2, -0.15) is 13.2 Å². The molecule has 1 saturated heterocycles. The highest BCUT2D eigenvalue weighted by molar-refractivity contribution is 5.94. The number of nitrogens with zero attached hydrogens (tertiary/aromatic N) is 1. The van der Waals surface area contributed by atoms with Crippen LogP contribution in [-0.2, 0) is 6.18 Å². The van der Waals surface area contributed by atoms with E-state index in [1.165, 1.54) is 4.90 Å². The van der Waals surface area contributed by atoms with Crippen molar-refractivity contribution >= 4 is 5.91 Å². The average molecular weight is 332 g/mol. The van der Waals surface area contributed by atoms with Crippen LogP contribution in [0.2, 0.25) is 0 Å². The van der Waals surface area contributed by atoms with Crippen LogP contribution in [0, 0.1) is 11.7 Å². The number of carbonyl (C=O) groups is 1. The highest BCUT2D eigenvalue weighted by atomic mass is 19.4. The number of alkyl halides is 3. The van der Waals surface area contributed by atoms with Gasteiger partial charge in [0.25, 0.3) is 5.91 Å². The van der Waals surface area contributed by atoms with Crippen molar-refractivity contribution in [3.05, 3.63) is 35.1 Å². The van der Waals surface area contributed by atoms with Gasteiger partial charge in [-0.15, -0.1) is 0 Å². The van der Waals surface area contributed by atoms with Crippen molar-refractivity contribution in [2.45, 2.75) is 25.9 Å². The molecule has 0 aromatic heterocycles. The van der Waals surface area contributed by atoms with Gasteiger partial charge in [0, 0.05) is 18.7 Å². The molecule has 23 heavy (non-hydrogen) atoms. The molecule has 3 nitrogen and oxygen atoms in total. The van der Waals surface area contributed by atoms with E-state index in [2.05, 4.69) is 5.32 Å². The zero-order valence-corrected chi connectivity index (χ0v) is 12.9. The van der Waals surface area contributed by atoms with Crippen molar-refractivity contribution in [1.82, 2.24) is 10.2 Å². The quantitative estimate of drug-likeness (QED) is 0.858. The van der Waals surface area contributed by atoms with Gasteiger partial charge in [0.1, 0.15) is 5.82 Å². The lowest BCUT2D eigenvalue weighted by atomic mass is 9.96. The van der Waals surface area contributed by atoms with Gasteiger partial charge in [-0.1, -0.05) is 6.92 Å². The summed E-state index contributed by atoms with van der Waals surface area (Å²) in [7, 11) is 0. The first-order chi connectivity index (χ1) is 10.8. The van der Waals surface area contributed by atoms with Crippen molar-refractivity contribution in [2.24, 2.45) is 5.92 Å². The molecule has 1 amide bonds. The Balaban J connectivity index is 2.05. The van der Waals surface area contributed by atoms with Gasteiger partial charge in [0.2, 0.25) is 0 Å². The molecule has 0 saturated carbocycles. The molecule has 128 valence electrons. The Morgan fingerprint density at radius 1 is 1.26 bits per heavy atom. The third-order valence-electron chi connectivity index (χ3n) is 4.06. The number of benzene rings is 1. The summed E-state index contributed by atoms with van der Waals surface area (Å²) in [6.07, 6.45) is -3.09. The van der Waals surface area contributed by atoms with E-state index in [1.54, 1.807) is 0 Å². The fraction of sp³-hybridized carbons (Fsp3) is 0.562. The zero-order chi connectivity index (χ0) is 17.0. The van der Waals surface area contributed by atoms with E-state index in [1.807, 2.05) is 6.92 Å². The van der Waals surface area contributed by atoms with Crippen LogP contribution in [0.4, 0.5) is 17.6 Å². The molecule has 1 aliphatic heterocycles. The van der Waals surface area contributed by atoms with Crippen molar-refractivity contribution in [3.63, 3.8) is 0 Å². The van der Waals surface area contributed by atoms with Gasteiger partial charge in [-0.25, -0.2) is 4.39 Å². The lowest BCUT2D eigenvalue weighted by Crippen LogP contribution is -2.40. The summed E-state index contributed by atoms with van der Waals surface area (Å²) in [4.78, 5) is 13.8. The molecule has 1 aliphatic rings. The van der Waals surface area contributed by atoms with Crippen molar-refractivity contribution in [3.8, 4) is 0 Å². The van der Waals surface area contributed by atoms with E-state index in [0.717, 1.165) is 38.1 Å². The van der Waals surface area contributed by atoms with Crippen LogP contribution < -0.4 is 5.32 Å². The number of halogens is 4. The second kappa shape index (κ2) is 7.29. The Labute approximate surface area is 132 Å². The van der Waals surface area contributed by atoms with E-state index in [4.69, 9.17) is 0 Å². The SMILES string of the molecule is CCNCC1CCN(C(=O)c2cc(F)cc(C(F)(F)F)c2)CC1. The third kappa shape index (κ3) is 4.67. The van der Waals surface area contributed by atoms with Crippen LogP contribution in [-0.4, -0.2) is 37.0 Å². The van der Waals surface area contributed by atoms with Crippen molar-refractivity contribution in [1.29, 1.82) is 0 Å². The number of nitrogens with one attached hydrogen (secondary N) is 1. The van der Waals surface area contributed by atoms with Crippen LogP contribution in [0.25, 0.3) is 0 Å².